The van der Waals surface area contributed by atoms with Crippen molar-refractivity contribution in [2.45, 2.75) is 13.0 Å². The summed E-state index contributed by atoms with van der Waals surface area (Å²) in [6.45, 7) is 1.95. The highest BCUT2D eigenvalue weighted by molar-refractivity contribution is 5.77. The molecule has 0 aliphatic carbocycles. The van der Waals surface area contributed by atoms with E-state index >= 15 is 0 Å². The summed E-state index contributed by atoms with van der Waals surface area (Å²) in [6.07, 6.45) is 3.38. The Morgan fingerprint density at radius 3 is 2.77 bits per heavy atom. The van der Waals surface area contributed by atoms with Gasteiger partial charge in [-0.3, -0.25) is 9.97 Å². The summed E-state index contributed by atoms with van der Waals surface area (Å²) in [6, 6.07) is 5.88. The molecule has 0 radical (unpaired) electrons. The minimum Gasteiger partial charge on any atom is -0.324 e. The Morgan fingerprint density at radius 2 is 2.00 bits per heavy atom. The molecule has 0 amide bonds. The van der Waals surface area contributed by atoms with E-state index in [-0.39, 0.29) is 6.04 Å². The van der Waals surface area contributed by atoms with Crippen molar-refractivity contribution in [3.8, 4) is 0 Å². The number of aromatic nitrogens is 2. The first-order valence-electron chi connectivity index (χ1n) is 4.24. The first-order chi connectivity index (χ1) is 6.29. The van der Waals surface area contributed by atoms with Gasteiger partial charge in [0.05, 0.1) is 11.0 Å². The molecule has 1 heterocycles. The summed E-state index contributed by atoms with van der Waals surface area (Å²) in [5.74, 6) is 0. The van der Waals surface area contributed by atoms with Crippen LogP contribution in [0.4, 0.5) is 0 Å². The molecule has 1 aromatic heterocycles. The molecule has 0 spiro atoms. The fraction of sp³-hybridized carbons (Fsp3) is 0.200. The average Bonchev–Trinajstić information content (AvgIpc) is 2.17. The predicted octanol–water partition coefficient (Wildman–Crippen LogP) is 1.65. The van der Waals surface area contributed by atoms with Gasteiger partial charge in [-0.2, -0.15) is 0 Å². The van der Waals surface area contributed by atoms with Crippen molar-refractivity contribution in [1.29, 1.82) is 0 Å². The number of para-hydroxylation sites is 1. The third-order valence-corrected chi connectivity index (χ3v) is 2.02. The molecule has 3 heteroatoms. The first kappa shape index (κ1) is 8.13. The van der Waals surface area contributed by atoms with Crippen LogP contribution in [0.5, 0.6) is 0 Å². The smallest absolute Gasteiger partial charge is 0.0934 e. The monoisotopic (exact) mass is 173 g/mol. The number of rotatable bonds is 1. The van der Waals surface area contributed by atoms with Gasteiger partial charge < -0.3 is 5.73 Å². The summed E-state index contributed by atoms with van der Waals surface area (Å²) in [5.41, 5.74) is 8.66. The van der Waals surface area contributed by atoms with Crippen LogP contribution in [-0.4, -0.2) is 9.97 Å². The second-order valence-electron chi connectivity index (χ2n) is 3.06. The Balaban J connectivity index is 2.76. The largest absolute Gasteiger partial charge is 0.324 e. The lowest BCUT2D eigenvalue weighted by molar-refractivity contribution is 0.823. The zero-order valence-electron chi connectivity index (χ0n) is 7.44. The van der Waals surface area contributed by atoms with E-state index in [2.05, 4.69) is 9.97 Å². The normalized spacial score (nSPS) is 13.1. The molecule has 1 atom stereocenters. The van der Waals surface area contributed by atoms with Gasteiger partial charge in [0.15, 0.2) is 0 Å². The SMILES string of the molecule is CC(N)c1cccc2nccnc12. The van der Waals surface area contributed by atoms with E-state index in [1.165, 1.54) is 0 Å². The Hall–Kier alpha value is -1.48. The molecule has 0 bridgehead atoms. The number of hydrogen-bond acceptors (Lipinski definition) is 3. The zero-order chi connectivity index (χ0) is 9.26. The number of nitrogens with two attached hydrogens (primary N) is 1. The summed E-state index contributed by atoms with van der Waals surface area (Å²) in [4.78, 5) is 8.47. The van der Waals surface area contributed by atoms with Crippen LogP contribution < -0.4 is 5.73 Å². The zero-order valence-corrected chi connectivity index (χ0v) is 7.44. The van der Waals surface area contributed by atoms with Crippen LogP contribution in [0.1, 0.15) is 18.5 Å². The lowest BCUT2D eigenvalue weighted by atomic mass is 10.1. The highest BCUT2D eigenvalue weighted by Crippen LogP contribution is 2.18. The molecule has 1 unspecified atom stereocenters. The minimum atomic E-state index is 0.000370. The van der Waals surface area contributed by atoms with Crippen molar-refractivity contribution in [3.63, 3.8) is 0 Å². The van der Waals surface area contributed by atoms with Crippen LogP contribution in [0.25, 0.3) is 11.0 Å². The van der Waals surface area contributed by atoms with Crippen molar-refractivity contribution in [3.05, 3.63) is 36.2 Å². The van der Waals surface area contributed by atoms with Gasteiger partial charge in [-0.15, -0.1) is 0 Å². The van der Waals surface area contributed by atoms with E-state index in [4.69, 9.17) is 5.73 Å². The molecule has 13 heavy (non-hydrogen) atoms. The Bertz CT molecular complexity index is 418. The maximum Gasteiger partial charge on any atom is 0.0934 e. The second kappa shape index (κ2) is 3.11. The van der Waals surface area contributed by atoms with Gasteiger partial charge in [-0.25, -0.2) is 0 Å². The Morgan fingerprint density at radius 1 is 1.23 bits per heavy atom. The molecule has 66 valence electrons. The summed E-state index contributed by atoms with van der Waals surface area (Å²) < 4.78 is 0. The molecular formula is C10H11N3. The molecule has 2 rings (SSSR count). The molecule has 1 aromatic carbocycles. The Kier molecular flexibility index (Phi) is 1.94. The summed E-state index contributed by atoms with van der Waals surface area (Å²) >= 11 is 0. The number of nitrogens with zero attached hydrogens (tertiary/aromatic N) is 2. The fourth-order valence-electron chi connectivity index (χ4n) is 1.38. The lowest BCUT2D eigenvalue weighted by Crippen LogP contribution is -2.06. The third-order valence-electron chi connectivity index (χ3n) is 2.02. The Labute approximate surface area is 76.6 Å². The maximum atomic E-state index is 5.81. The van der Waals surface area contributed by atoms with Crippen molar-refractivity contribution in [1.82, 2.24) is 9.97 Å². The number of hydrogen-bond donors (Lipinski definition) is 1. The minimum absolute atomic E-state index is 0.000370. The standard InChI is InChI=1S/C10H11N3/c1-7(11)8-3-2-4-9-10(8)13-6-5-12-9/h2-7H,11H2,1H3. The molecule has 3 nitrogen and oxygen atoms in total. The lowest BCUT2D eigenvalue weighted by Gasteiger charge is -2.07. The van der Waals surface area contributed by atoms with Crippen LogP contribution in [0.3, 0.4) is 0 Å². The van der Waals surface area contributed by atoms with Crippen molar-refractivity contribution < 1.29 is 0 Å². The van der Waals surface area contributed by atoms with Crippen molar-refractivity contribution >= 4 is 11.0 Å². The van der Waals surface area contributed by atoms with E-state index in [1.54, 1.807) is 12.4 Å². The van der Waals surface area contributed by atoms with Gasteiger partial charge >= 0.3 is 0 Å². The highest BCUT2D eigenvalue weighted by Gasteiger charge is 2.05. The van der Waals surface area contributed by atoms with E-state index in [0.29, 0.717) is 0 Å². The molecule has 2 N–H and O–H groups in total. The molecule has 0 aliphatic rings. The van der Waals surface area contributed by atoms with Crippen LogP contribution in [0.15, 0.2) is 30.6 Å². The third kappa shape index (κ3) is 1.38. The van der Waals surface area contributed by atoms with Gasteiger partial charge in [0.2, 0.25) is 0 Å². The highest BCUT2D eigenvalue weighted by atomic mass is 14.8. The summed E-state index contributed by atoms with van der Waals surface area (Å²) in [7, 11) is 0. The topological polar surface area (TPSA) is 51.8 Å². The first-order valence-corrected chi connectivity index (χ1v) is 4.24. The molecule has 0 fully saturated rings. The van der Waals surface area contributed by atoms with Crippen LogP contribution >= 0.6 is 0 Å². The molecule has 0 saturated heterocycles. The van der Waals surface area contributed by atoms with E-state index in [0.717, 1.165) is 16.6 Å². The van der Waals surface area contributed by atoms with Gasteiger partial charge in [0.1, 0.15) is 0 Å². The summed E-state index contributed by atoms with van der Waals surface area (Å²) in [5, 5.41) is 0. The van der Waals surface area contributed by atoms with E-state index in [9.17, 15) is 0 Å². The van der Waals surface area contributed by atoms with Gasteiger partial charge in [-0.05, 0) is 18.6 Å². The van der Waals surface area contributed by atoms with Crippen molar-refractivity contribution in [2.24, 2.45) is 5.73 Å². The quantitative estimate of drug-likeness (QED) is 0.713. The van der Waals surface area contributed by atoms with Gasteiger partial charge in [0.25, 0.3) is 0 Å². The fourth-order valence-corrected chi connectivity index (χ4v) is 1.38. The molecular weight excluding hydrogens is 162 g/mol. The van der Waals surface area contributed by atoms with Crippen molar-refractivity contribution in [2.75, 3.05) is 0 Å². The number of fused-ring (bicyclic) bond motifs is 1. The van der Waals surface area contributed by atoms with E-state index in [1.807, 2.05) is 25.1 Å². The van der Waals surface area contributed by atoms with Gasteiger partial charge in [-0.1, -0.05) is 12.1 Å². The number of benzene rings is 1. The molecule has 0 saturated carbocycles. The average molecular weight is 173 g/mol. The molecule has 2 aromatic rings. The van der Waals surface area contributed by atoms with Crippen LogP contribution in [0, 0.1) is 0 Å². The second-order valence-corrected chi connectivity index (χ2v) is 3.06. The maximum absolute atomic E-state index is 5.81. The van der Waals surface area contributed by atoms with Crippen LogP contribution in [0.2, 0.25) is 0 Å². The molecule has 0 aliphatic heterocycles. The predicted molar refractivity (Wildman–Crippen MR) is 52.1 cm³/mol. The van der Waals surface area contributed by atoms with Crippen LogP contribution in [-0.2, 0) is 0 Å². The van der Waals surface area contributed by atoms with E-state index < -0.39 is 0 Å². The van der Waals surface area contributed by atoms with Gasteiger partial charge in [0, 0.05) is 18.4 Å².